The van der Waals surface area contributed by atoms with Gasteiger partial charge in [0.25, 0.3) is 0 Å². The van der Waals surface area contributed by atoms with Crippen molar-refractivity contribution < 1.29 is 0 Å². The highest BCUT2D eigenvalue weighted by Gasteiger charge is 2.21. The lowest BCUT2D eigenvalue weighted by Gasteiger charge is -2.17. The lowest BCUT2D eigenvalue weighted by Crippen LogP contribution is -2.03. The van der Waals surface area contributed by atoms with Crippen LogP contribution in [0.2, 0.25) is 0 Å². The van der Waals surface area contributed by atoms with Gasteiger partial charge in [-0.25, -0.2) is 14.7 Å². The minimum absolute atomic E-state index is 0.404. The van der Waals surface area contributed by atoms with Crippen LogP contribution < -0.4 is 0 Å². The topological polar surface area (TPSA) is 103 Å². The van der Waals surface area contributed by atoms with Crippen molar-refractivity contribution in [2.24, 2.45) is 0 Å². The second kappa shape index (κ2) is 14.0. The third-order valence-corrected chi connectivity index (χ3v) is 11.0. The van der Waals surface area contributed by atoms with Gasteiger partial charge in [0.05, 0.1) is 82.0 Å². The predicted molar refractivity (Wildman–Crippen MR) is 236 cm³/mol. The molecular formula is C52H26N8. The van der Waals surface area contributed by atoms with Crippen LogP contribution in [0.5, 0.6) is 0 Å². The van der Waals surface area contributed by atoms with Crippen LogP contribution in [-0.4, -0.2) is 14.1 Å². The number of aromatic nitrogens is 3. The van der Waals surface area contributed by atoms with Gasteiger partial charge < -0.3 is 4.57 Å². The maximum atomic E-state index is 9.74. The van der Waals surface area contributed by atoms with Gasteiger partial charge in [0, 0.05) is 27.1 Å². The lowest BCUT2D eigenvalue weighted by atomic mass is 9.99. The Kier molecular flexibility index (Phi) is 8.23. The van der Waals surface area contributed by atoms with E-state index < -0.39 is 0 Å². The van der Waals surface area contributed by atoms with Crippen LogP contribution in [0.25, 0.3) is 98.2 Å². The van der Waals surface area contributed by atoms with E-state index in [9.17, 15) is 15.8 Å². The van der Waals surface area contributed by atoms with Crippen LogP contribution in [-0.2, 0) is 0 Å². The summed E-state index contributed by atoms with van der Waals surface area (Å²) in [5, 5.41) is 33.4. The van der Waals surface area contributed by atoms with Gasteiger partial charge in [-0.15, -0.1) is 0 Å². The van der Waals surface area contributed by atoms with Crippen molar-refractivity contribution in [3.8, 4) is 63.1 Å². The highest BCUT2D eigenvalue weighted by Crippen LogP contribution is 2.41. The zero-order valence-corrected chi connectivity index (χ0v) is 31.6. The van der Waals surface area contributed by atoms with Crippen LogP contribution in [0.1, 0.15) is 16.7 Å². The Labute approximate surface area is 344 Å². The Morgan fingerprint density at radius 1 is 0.433 bits per heavy atom. The number of fused-ring (bicyclic) bond motifs is 6. The Bertz CT molecular complexity index is 3600. The van der Waals surface area contributed by atoms with E-state index in [0.717, 1.165) is 82.7 Å². The number of benzene rings is 7. The molecule has 0 aliphatic carbocycles. The maximum Gasteiger partial charge on any atom is 0.177 e. The van der Waals surface area contributed by atoms with Gasteiger partial charge in [0.15, 0.2) is 11.4 Å². The zero-order chi connectivity index (χ0) is 40.9. The van der Waals surface area contributed by atoms with Gasteiger partial charge in [-0.2, -0.15) is 15.8 Å². The van der Waals surface area contributed by atoms with Gasteiger partial charge in [0.1, 0.15) is 5.82 Å². The average molecular weight is 763 g/mol. The Balaban J connectivity index is 1.25. The van der Waals surface area contributed by atoms with Gasteiger partial charge in [0.2, 0.25) is 0 Å². The number of para-hydroxylation sites is 2. The number of hydrogen-bond donors (Lipinski definition) is 0. The molecule has 8 nitrogen and oxygen atoms in total. The van der Waals surface area contributed by atoms with Crippen molar-refractivity contribution in [3.63, 3.8) is 0 Å². The monoisotopic (exact) mass is 762 g/mol. The molecule has 0 amide bonds. The van der Waals surface area contributed by atoms with E-state index in [0.29, 0.717) is 33.9 Å². The Hall–Kier alpha value is -9.26. The number of pyridine rings is 1. The van der Waals surface area contributed by atoms with Crippen molar-refractivity contribution in [1.82, 2.24) is 14.1 Å². The summed E-state index contributed by atoms with van der Waals surface area (Å²) in [6, 6.07) is 55.5. The largest absolute Gasteiger partial charge is 0.307 e. The van der Waals surface area contributed by atoms with Crippen LogP contribution in [0.15, 0.2) is 158 Å². The SMILES string of the molecule is [C-]#[N+]c1cc([N+]#[C-])cc(-c2ccc3c4ccccc4n(-c4cnc(-n5c6ccccc6c6ccc(-c7cc(C#N)cc(C#N)c7)cc65)cc4-c4ccc(C#N)cc4)c3c2)c1. The Morgan fingerprint density at radius 3 is 1.50 bits per heavy atom. The van der Waals surface area contributed by atoms with Gasteiger partial charge >= 0.3 is 0 Å². The molecule has 0 fully saturated rings. The van der Waals surface area contributed by atoms with E-state index in [-0.39, 0.29) is 0 Å². The van der Waals surface area contributed by atoms with Crippen LogP contribution in [0, 0.1) is 47.1 Å². The molecule has 10 rings (SSSR count). The van der Waals surface area contributed by atoms with Crippen LogP contribution in [0.4, 0.5) is 11.4 Å². The number of hydrogen-bond acceptors (Lipinski definition) is 4. The first-order valence-corrected chi connectivity index (χ1v) is 18.9. The molecule has 0 saturated heterocycles. The molecule has 3 heterocycles. The van der Waals surface area contributed by atoms with Gasteiger partial charge in [-0.05, 0) is 88.5 Å². The average Bonchev–Trinajstić information content (AvgIpc) is 3.83. The second-order valence-corrected chi connectivity index (χ2v) is 14.4. The fourth-order valence-corrected chi connectivity index (χ4v) is 8.31. The standard InChI is InChI=1S/C52H26N8/c1-56-40-22-39(23-41(26-40)57-2)37-16-17-44-42-7-3-5-9-47(42)59(49(44)24-37)51-31-58-52(27-46(51)35-13-11-32(28-53)12-14-35)60-48-10-6-4-8-43(48)45-18-15-36(25-50(45)60)38-20-33(29-54)19-34(21-38)30-55/h3-27,31H. The molecule has 60 heavy (non-hydrogen) atoms. The molecule has 0 aliphatic heterocycles. The lowest BCUT2D eigenvalue weighted by molar-refractivity contribution is 1.06. The van der Waals surface area contributed by atoms with Crippen molar-refractivity contribution >= 4 is 55.0 Å². The highest BCUT2D eigenvalue weighted by atomic mass is 15.1. The minimum Gasteiger partial charge on any atom is -0.307 e. The second-order valence-electron chi connectivity index (χ2n) is 14.4. The summed E-state index contributed by atoms with van der Waals surface area (Å²) >= 11 is 0. The van der Waals surface area contributed by atoms with E-state index in [1.54, 1.807) is 24.3 Å². The molecule has 0 spiro atoms. The van der Waals surface area contributed by atoms with Crippen molar-refractivity contribution in [2.75, 3.05) is 0 Å². The molecule has 0 atom stereocenters. The minimum atomic E-state index is 0.404. The third kappa shape index (κ3) is 5.69. The number of rotatable bonds is 5. The molecule has 0 bridgehead atoms. The van der Waals surface area contributed by atoms with Gasteiger partial charge in [-0.1, -0.05) is 91.0 Å². The van der Waals surface area contributed by atoms with Gasteiger partial charge in [-0.3, -0.25) is 4.57 Å². The first kappa shape index (κ1) is 35.2. The molecule has 0 saturated carbocycles. The molecule has 0 N–H and O–H groups in total. The Morgan fingerprint density at radius 2 is 0.933 bits per heavy atom. The molecule has 0 radical (unpaired) electrons. The fraction of sp³-hybridized carbons (Fsp3) is 0. The molecule has 3 aromatic heterocycles. The smallest absolute Gasteiger partial charge is 0.177 e. The molecule has 0 unspecified atom stereocenters. The summed E-state index contributed by atoms with van der Waals surface area (Å²) < 4.78 is 4.36. The summed E-state index contributed by atoms with van der Waals surface area (Å²) in [6.07, 6.45) is 1.90. The van der Waals surface area contributed by atoms with E-state index in [2.05, 4.69) is 91.6 Å². The quantitative estimate of drug-likeness (QED) is 0.163. The van der Waals surface area contributed by atoms with Crippen LogP contribution in [0.3, 0.4) is 0 Å². The first-order valence-electron chi connectivity index (χ1n) is 18.9. The van der Waals surface area contributed by atoms with Crippen LogP contribution >= 0.6 is 0 Å². The summed E-state index contributed by atoms with van der Waals surface area (Å²) in [4.78, 5) is 12.5. The maximum absolute atomic E-state index is 9.74. The fourth-order valence-electron chi connectivity index (χ4n) is 8.31. The van der Waals surface area contributed by atoms with Crippen molar-refractivity contribution in [1.29, 1.82) is 15.8 Å². The first-order chi connectivity index (χ1) is 29.5. The van der Waals surface area contributed by atoms with Crippen molar-refractivity contribution in [3.05, 3.63) is 197 Å². The molecular weight excluding hydrogens is 737 g/mol. The normalized spacial score (nSPS) is 10.9. The van der Waals surface area contributed by atoms with Crippen molar-refractivity contribution in [2.45, 2.75) is 0 Å². The molecule has 8 heteroatoms. The third-order valence-electron chi connectivity index (χ3n) is 11.0. The zero-order valence-electron chi connectivity index (χ0n) is 31.6. The molecule has 10 aromatic rings. The summed E-state index contributed by atoms with van der Waals surface area (Å²) in [6.45, 7) is 15.3. The van der Waals surface area contributed by atoms with E-state index >= 15 is 0 Å². The number of nitrogens with zero attached hydrogens (tertiary/aromatic N) is 8. The van der Waals surface area contributed by atoms with E-state index in [4.69, 9.17) is 18.1 Å². The number of nitriles is 3. The summed E-state index contributed by atoms with van der Waals surface area (Å²) in [7, 11) is 0. The summed E-state index contributed by atoms with van der Waals surface area (Å²) in [5.41, 5.74) is 11.8. The van der Waals surface area contributed by atoms with E-state index in [1.807, 2.05) is 79.0 Å². The molecule has 0 aliphatic rings. The molecule has 7 aromatic carbocycles. The molecule has 274 valence electrons. The predicted octanol–water partition coefficient (Wildman–Crippen LogP) is 13.0. The van der Waals surface area contributed by atoms with E-state index in [1.165, 1.54) is 0 Å². The summed E-state index contributed by atoms with van der Waals surface area (Å²) in [5.74, 6) is 0.675. The highest BCUT2D eigenvalue weighted by molar-refractivity contribution is 6.12.